The predicted octanol–water partition coefficient (Wildman–Crippen LogP) is 3.40. The lowest BCUT2D eigenvalue weighted by molar-refractivity contribution is -0.136. The molecule has 2 amide bonds. The van der Waals surface area contributed by atoms with Gasteiger partial charge in [-0.15, -0.1) is 11.8 Å². The fourth-order valence-electron chi connectivity index (χ4n) is 4.29. The van der Waals surface area contributed by atoms with Crippen LogP contribution in [0.1, 0.15) is 24.0 Å². The van der Waals surface area contributed by atoms with Gasteiger partial charge in [0.2, 0.25) is 11.8 Å². The molecule has 7 heteroatoms. The van der Waals surface area contributed by atoms with Crippen molar-refractivity contribution in [2.24, 2.45) is 0 Å². The van der Waals surface area contributed by atoms with E-state index in [9.17, 15) is 9.59 Å². The van der Waals surface area contributed by atoms with Gasteiger partial charge in [-0.2, -0.15) is 5.10 Å². The fourth-order valence-corrected chi connectivity index (χ4v) is 5.94. The molecule has 0 aliphatic carbocycles. The molecule has 2 aliphatic rings. The number of nitrogens with zero attached hydrogens (tertiary/aromatic N) is 2. The molecule has 3 aromatic rings. The van der Waals surface area contributed by atoms with E-state index in [1.165, 1.54) is 0 Å². The highest BCUT2D eigenvalue weighted by molar-refractivity contribution is 8.00. The van der Waals surface area contributed by atoms with E-state index in [1.807, 2.05) is 42.2 Å². The van der Waals surface area contributed by atoms with Crippen molar-refractivity contribution in [3.05, 3.63) is 59.8 Å². The highest BCUT2D eigenvalue weighted by Crippen LogP contribution is 2.54. The first-order valence-corrected chi connectivity index (χ1v) is 10.3. The maximum Gasteiger partial charge on any atom is 0.248 e. The SMILES string of the molecule is Cc1cc2[nH]ncc2cc1NC(=O)[C@@H]1CS[C@@]2(c3ccccc3)CCC(=O)N12. The van der Waals surface area contributed by atoms with E-state index in [0.717, 1.165) is 34.1 Å². The van der Waals surface area contributed by atoms with Crippen LogP contribution in [0.2, 0.25) is 0 Å². The summed E-state index contributed by atoms with van der Waals surface area (Å²) in [4.78, 5) is 27.3. The minimum absolute atomic E-state index is 0.0519. The second kappa shape index (κ2) is 6.38. The van der Waals surface area contributed by atoms with E-state index in [1.54, 1.807) is 18.0 Å². The number of carbonyl (C=O) groups is 2. The quantitative estimate of drug-likeness (QED) is 0.716. The summed E-state index contributed by atoms with van der Waals surface area (Å²) in [6.45, 7) is 1.95. The summed E-state index contributed by atoms with van der Waals surface area (Å²) in [5.41, 5.74) is 3.74. The Kier molecular flexibility index (Phi) is 3.94. The lowest BCUT2D eigenvalue weighted by Gasteiger charge is -2.34. The minimum Gasteiger partial charge on any atom is -0.324 e. The molecule has 2 saturated heterocycles. The first kappa shape index (κ1) is 17.3. The molecule has 0 spiro atoms. The Balaban J connectivity index is 1.45. The Hall–Kier alpha value is -2.80. The monoisotopic (exact) mass is 392 g/mol. The number of anilines is 1. The van der Waals surface area contributed by atoms with Gasteiger partial charge < -0.3 is 10.2 Å². The molecule has 0 unspecified atom stereocenters. The number of aromatic nitrogens is 2. The van der Waals surface area contributed by atoms with E-state index in [4.69, 9.17) is 0 Å². The number of thioether (sulfide) groups is 1. The maximum atomic E-state index is 13.2. The van der Waals surface area contributed by atoms with E-state index in [-0.39, 0.29) is 11.8 Å². The van der Waals surface area contributed by atoms with Crippen LogP contribution in [0, 0.1) is 6.92 Å². The lowest BCUT2D eigenvalue weighted by Crippen LogP contribution is -2.48. The standard InChI is InChI=1S/C21H20N4O2S/c1-13-9-17-14(11-22-24-17)10-16(13)23-20(27)18-12-28-21(8-7-19(26)25(18)21)15-5-3-2-4-6-15/h2-6,9-11,18H,7-8,12H2,1H3,(H,22,24)(H,23,27)/t18-,21+/m0/s1. The molecule has 0 bridgehead atoms. The zero-order valence-corrected chi connectivity index (χ0v) is 16.3. The normalized spacial score (nSPS) is 24.0. The molecule has 2 atom stereocenters. The Morgan fingerprint density at radius 2 is 2.14 bits per heavy atom. The van der Waals surface area contributed by atoms with Crippen molar-refractivity contribution < 1.29 is 9.59 Å². The first-order valence-electron chi connectivity index (χ1n) is 9.35. The summed E-state index contributed by atoms with van der Waals surface area (Å²) in [5, 5.41) is 11.0. The number of carbonyl (C=O) groups excluding carboxylic acids is 2. The molecule has 2 fully saturated rings. The van der Waals surface area contributed by atoms with Crippen LogP contribution in [0.3, 0.4) is 0 Å². The maximum absolute atomic E-state index is 13.2. The Labute approximate surface area is 166 Å². The van der Waals surface area contributed by atoms with Crippen LogP contribution in [0.15, 0.2) is 48.7 Å². The summed E-state index contributed by atoms with van der Waals surface area (Å²) in [5.74, 6) is 0.516. The largest absolute Gasteiger partial charge is 0.324 e. The summed E-state index contributed by atoms with van der Waals surface area (Å²) in [6, 6.07) is 13.5. The Morgan fingerprint density at radius 3 is 2.96 bits per heavy atom. The zero-order chi connectivity index (χ0) is 19.3. The summed E-state index contributed by atoms with van der Waals surface area (Å²) in [7, 11) is 0. The van der Waals surface area contributed by atoms with Crippen molar-refractivity contribution in [3.8, 4) is 0 Å². The number of fused-ring (bicyclic) bond motifs is 2. The summed E-state index contributed by atoms with van der Waals surface area (Å²) < 4.78 is 0. The predicted molar refractivity (Wildman–Crippen MR) is 110 cm³/mol. The van der Waals surface area contributed by atoms with Gasteiger partial charge in [0.05, 0.1) is 11.7 Å². The van der Waals surface area contributed by atoms with E-state index >= 15 is 0 Å². The number of nitrogens with one attached hydrogen (secondary N) is 2. The van der Waals surface area contributed by atoms with Gasteiger partial charge in [-0.05, 0) is 36.6 Å². The Morgan fingerprint density at radius 1 is 1.32 bits per heavy atom. The number of aryl methyl sites for hydroxylation is 1. The van der Waals surface area contributed by atoms with Crippen LogP contribution in [-0.4, -0.2) is 38.7 Å². The second-order valence-corrected chi connectivity index (χ2v) is 8.65. The van der Waals surface area contributed by atoms with Gasteiger partial charge in [-0.25, -0.2) is 0 Å². The molecular formula is C21H20N4O2S. The molecule has 142 valence electrons. The highest BCUT2D eigenvalue weighted by Gasteiger charge is 2.56. The van der Waals surface area contributed by atoms with Crippen molar-refractivity contribution in [1.82, 2.24) is 15.1 Å². The molecular weight excluding hydrogens is 372 g/mol. The fraction of sp³-hybridized carbons (Fsp3) is 0.286. The number of hydrogen-bond acceptors (Lipinski definition) is 4. The first-order chi connectivity index (χ1) is 13.6. The van der Waals surface area contributed by atoms with E-state index < -0.39 is 10.9 Å². The molecule has 0 radical (unpaired) electrons. The van der Waals surface area contributed by atoms with Crippen molar-refractivity contribution in [2.45, 2.75) is 30.7 Å². The molecule has 2 N–H and O–H groups in total. The minimum atomic E-state index is -0.473. The summed E-state index contributed by atoms with van der Waals surface area (Å²) in [6.07, 6.45) is 2.95. The molecule has 2 aromatic carbocycles. The van der Waals surface area contributed by atoms with E-state index in [0.29, 0.717) is 12.2 Å². The summed E-state index contributed by atoms with van der Waals surface area (Å²) >= 11 is 1.70. The molecule has 1 aromatic heterocycles. The third-order valence-electron chi connectivity index (χ3n) is 5.70. The topological polar surface area (TPSA) is 78.1 Å². The van der Waals surface area contributed by atoms with Gasteiger partial charge in [0.1, 0.15) is 10.9 Å². The van der Waals surface area contributed by atoms with Crippen LogP contribution in [-0.2, 0) is 14.5 Å². The third kappa shape index (κ3) is 2.53. The van der Waals surface area contributed by atoms with Crippen LogP contribution in [0.4, 0.5) is 5.69 Å². The van der Waals surface area contributed by atoms with Crippen LogP contribution >= 0.6 is 11.8 Å². The molecule has 28 heavy (non-hydrogen) atoms. The number of aromatic amines is 1. The number of rotatable bonds is 3. The van der Waals surface area contributed by atoms with Gasteiger partial charge in [-0.1, -0.05) is 30.3 Å². The van der Waals surface area contributed by atoms with Gasteiger partial charge in [-0.3, -0.25) is 14.7 Å². The van der Waals surface area contributed by atoms with Gasteiger partial charge in [0.25, 0.3) is 0 Å². The molecule has 3 heterocycles. The number of hydrogen-bond donors (Lipinski definition) is 2. The number of amides is 2. The van der Waals surface area contributed by atoms with Crippen LogP contribution in [0.25, 0.3) is 10.9 Å². The Bertz CT molecular complexity index is 1080. The van der Waals surface area contributed by atoms with Crippen molar-refractivity contribution in [2.75, 3.05) is 11.1 Å². The average Bonchev–Trinajstić information content (AvgIpc) is 3.39. The van der Waals surface area contributed by atoms with Crippen LogP contribution in [0.5, 0.6) is 0 Å². The van der Waals surface area contributed by atoms with Crippen molar-refractivity contribution in [3.63, 3.8) is 0 Å². The van der Waals surface area contributed by atoms with Crippen molar-refractivity contribution >= 4 is 40.2 Å². The van der Waals surface area contributed by atoms with Gasteiger partial charge in [0, 0.05) is 23.2 Å². The zero-order valence-electron chi connectivity index (χ0n) is 15.4. The molecule has 2 aliphatic heterocycles. The highest BCUT2D eigenvalue weighted by atomic mass is 32.2. The third-order valence-corrected chi connectivity index (χ3v) is 7.29. The smallest absolute Gasteiger partial charge is 0.248 e. The van der Waals surface area contributed by atoms with E-state index in [2.05, 4.69) is 27.6 Å². The molecule has 0 saturated carbocycles. The molecule has 5 rings (SSSR count). The molecule has 6 nitrogen and oxygen atoms in total. The lowest BCUT2D eigenvalue weighted by atomic mass is 10.0. The number of H-pyrrole nitrogens is 1. The second-order valence-electron chi connectivity index (χ2n) is 7.35. The van der Waals surface area contributed by atoms with Crippen molar-refractivity contribution in [1.29, 1.82) is 0 Å². The number of benzene rings is 2. The van der Waals surface area contributed by atoms with Crippen LogP contribution < -0.4 is 5.32 Å². The average molecular weight is 392 g/mol. The van der Waals surface area contributed by atoms with Gasteiger partial charge >= 0.3 is 0 Å². The van der Waals surface area contributed by atoms with Gasteiger partial charge in [0.15, 0.2) is 0 Å².